The van der Waals surface area contributed by atoms with E-state index in [-0.39, 0.29) is 11.6 Å². The number of aromatic nitrogens is 3. The van der Waals surface area contributed by atoms with E-state index in [9.17, 15) is 4.79 Å². The van der Waals surface area contributed by atoms with Gasteiger partial charge >= 0.3 is 0 Å². The van der Waals surface area contributed by atoms with E-state index in [1.54, 1.807) is 23.0 Å². The van der Waals surface area contributed by atoms with Crippen molar-refractivity contribution >= 4 is 11.6 Å². The van der Waals surface area contributed by atoms with Gasteiger partial charge in [-0.25, -0.2) is 4.68 Å². The van der Waals surface area contributed by atoms with Gasteiger partial charge in [0, 0.05) is 0 Å². The molecule has 6 heteroatoms. The van der Waals surface area contributed by atoms with Gasteiger partial charge in [-0.15, -0.1) is 5.10 Å². The van der Waals surface area contributed by atoms with Crippen LogP contribution in [0.1, 0.15) is 10.5 Å². The second-order valence-corrected chi connectivity index (χ2v) is 5.75. The van der Waals surface area contributed by atoms with Crippen LogP contribution < -0.4 is 10.1 Å². The Morgan fingerprint density at radius 2 is 1.52 bits per heavy atom. The molecule has 0 radical (unpaired) electrons. The van der Waals surface area contributed by atoms with Crippen molar-refractivity contribution in [3.63, 3.8) is 0 Å². The Kier molecular flexibility index (Phi) is 4.61. The zero-order chi connectivity index (χ0) is 18.5. The lowest BCUT2D eigenvalue weighted by atomic mass is 10.2. The van der Waals surface area contributed by atoms with Crippen LogP contribution in [0.3, 0.4) is 0 Å². The number of para-hydroxylation sites is 4. The standard InChI is InChI=1S/C21H16N4O2/c26-21(19-15-25(24-23-19)16-9-3-1-4-10-16)22-18-13-7-8-14-20(18)27-17-11-5-2-6-12-17/h1-15H,(H,22,26). The van der Waals surface area contributed by atoms with E-state index in [1.165, 1.54) is 0 Å². The van der Waals surface area contributed by atoms with E-state index in [2.05, 4.69) is 15.6 Å². The maximum atomic E-state index is 12.6. The molecule has 0 atom stereocenters. The first-order valence-corrected chi connectivity index (χ1v) is 8.41. The number of carbonyl (C=O) groups excluding carboxylic acids is 1. The Morgan fingerprint density at radius 3 is 2.30 bits per heavy atom. The Labute approximate surface area is 156 Å². The summed E-state index contributed by atoms with van der Waals surface area (Å²) in [4.78, 5) is 12.6. The average molecular weight is 356 g/mol. The summed E-state index contributed by atoms with van der Waals surface area (Å²) in [6.07, 6.45) is 1.59. The summed E-state index contributed by atoms with van der Waals surface area (Å²) in [5, 5.41) is 10.8. The Balaban J connectivity index is 1.53. The van der Waals surface area contributed by atoms with Crippen LogP contribution in [0, 0.1) is 0 Å². The number of anilines is 1. The van der Waals surface area contributed by atoms with Gasteiger partial charge in [0.25, 0.3) is 5.91 Å². The summed E-state index contributed by atoms with van der Waals surface area (Å²) in [5.74, 6) is 0.878. The molecule has 0 aliphatic carbocycles. The third-order valence-electron chi connectivity index (χ3n) is 3.85. The molecule has 1 amide bonds. The molecule has 1 aromatic heterocycles. The second-order valence-electron chi connectivity index (χ2n) is 5.75. The molecule has 6 nitrogen and oxygen atoms in total. The molecule has 0 unspecified atom stereocenters. The minimum atomic E-state index is -0.360. The van der Waals surface area contributed by atoms with Crippen LogP contribution in [-0.4, -0.2) is 20.9 Å². The lowest BCUT2D eigenvalue weighted by Crippen LogP contribution is -2.13. The smallest absolute Gasteiger partial charge is 0.277 e. The highest BCUT2D eigenvalue weighted by atomic mass is 16.5. The Hall–Kier alpha value is -3.93. The Bertz CT molecular complexity index is 1050. The van der Waals surface area contributed by atoms with Gasteiger partial charge in [0.15, 0.2) is 11.4 Å². The molecule has 3 aromatic carbocycles. The molecule has 1 N–H and O–H groups in total. The summed E-state index contributed by atoms with van der Waals surface area (Å²) >= 11 is 0. The fraction of sp³-hybridized carbons (Fsp3) is 0. The van der Waals surface area contributed by atoms with Crippen molar-refractivity contribution in [2.75, 3.05) is 5.32 Å². The number of benzene rings is 3. The first-order valence-electron chi connectivity index (χ1n) is 8.41. The first-order chi connectivity index (χ1) is 13.3. The molecule has 0 aliphatic rings. The predicted octanol–water partition coefficient (Wildman–Crippen LogP) is 4.31. The number of carbonyl (C=O) groups is 1. The molecule has 4 aromatic rings. The third-order valence-corrected chi connectivity index (χ3v) is 3.85. The molecule has 27 heavy (non-hydrogen) atoms. The lowest BCUT2D eigenvalue weighted by Gasteiger charge is -2.11. The molecule has 0 fully saturated rings. The maximum absolute atomic E-state index is 12.6. The molecule has 0 bridgehead atoms. The number of nitrogens with one attached hydrogen (secondary N) is 1. The van der Waals surface area contributed by atoms with Crippen LogP contribution in [0.25, 0.3) is 5.69 Å². The monoisotopic (exact) mass is 356 g/mol. The highest BCUT2D eigenvalue weighted by Crippen LogP contribution is 2.29. The van der Waals surface area contributed by atoms with Crippen molar-refractivity contribution in [3.8, 4) is 17.2 Å². The van der Waals surface area contributed by atoms with Gasteiger partial charge in [-0.3, -0.25) is 4.79 Å². The van der Waals surface area contributed by atoms with Crippen LogP contribution in [-0.2, 0) is 0 Å². The van der Waals surface area contributed by atoms with E-state index < -0.39 is 0 Å². The van der Waals surface area contributed by atoms with Gasteiger partial charge in [-0.05, 0) is 36.4 Å². The van der Waals surface area contributed by atoms with Gasteiger partial charge in [-0.2, -0.15) is 0 Å². The normalized spacial score (nSPS) is 10.4. The largest absolute Gasteiger partial charge is 0.455 e. The molecule has 1 heterocycles. The fourth-order valence-electron chi connectivity index (χ4n) is 2.54. The van der Waals surface area contributed by atoms with Gasteiger partial charge in [0.2, 0.25) is 0 Å². The number of amides is 1. The van der Waals surface area contributed by atoms with Crippen LogP contribution in [0.5, 0.6) is 11.5 Å². The van der Waals surface area contributed by atoms with E-state index in [4.69, 9.17) is 4.74 Å². The van der Waals surface area contributed by atoms with Crippen molar-refractivity contribution in [1.82, 2.24) is 15.0 Å². The summed E-state index contributed by atoms with van der Waals surface area (Å²) in [7, 11) is 0. The van der Waals surface area contributed by atoms with Gasteiger partial charge < -0.3 is 10.1 Å². The molecular weight excluding hydrogens is 340 g/mol. The lowest BCUT2D eigenvalue weighted by molar-refractivity contribution is 0.102. The zero-order valence-corrected chi connectivity index (χ0v) is 14.3. The van der Waals surface area contributed by atoms with Gasteiger partial charge in [-0.1, -0.05) is 53.7 Å². The summed E-state index contributed by atoms with van der Waals surface area (Å²) in [5.41, 5.74) is 1.60. The minimum Gasteiger partial charge on any atom is -0.455 e. The molecule has 0 saturated heterocycles. The third kappa shape index (κ3) is 3.85. The SMILES string of the molecule is O=C(Nc1ccccc1Oc1ccccc1)c1cn(-c2ccccc2)nn1. The molecule has 0 aliphatic heterocycles. The van der Waals surface area contributed by atoms with E-state index in [0.29, 0.717) is 17.2 Å². The quantitative estimate of drug-likeness (QED) is 0.578. The van der Waals surface area contributed by atoms with Crippen LogP contribution in [0.15, 0.2) is 91.1 Å². The van der Waals surface area contributed by atoms with Crippen molar-refractivity contribution in [2.45, 2.75) is 0 Å². The van der Waals surface area contributed by atoms with Crippen molar-refractivity contribution < 1.29 is 9.53 Å². The van der Waals surface area contributed by atoms with Crippen LogP contribution in [0.2, 0.25) is 0 Å². The van der Waals surface area contributed by atoms with E-state index in [0.717, 1.165) is 5.69 Å². The molecule has 0 saturated carbocycles. The number of ether oxygens (including phenoxy) is 1. The Morgan fingerprint density at radius 1 is 0.852 bits per heavy atom. The van der Waals surface area contributed by atoms with Crippen molar-refractivity contribution in [3.05, 3.63) is 96.8 Å². The van der Waals surface area contributed by atoms with Crippen molar-refractivity contribution in [1.29, 1.82) is 0 Å². The van der Waals surface area contributed by atoms with E-state index >= 15 is 0 Å². The second kappa shape index (κ2) is 7.53. The minimum absolute atomic E-state index is 0.216. The summed E-state index contributed by atoms with van der Waals surface area (Å²) in [6.45, 7) is 0. The van der Waals surface area contributed by atoms with Crippen LogP contribution in [0.4, 0.5) is 5.69 Å². The highest BCUT2D eigenvalue weighted by Gasteiger charge is 2.14. The maximum Gasteiger partial charge on any atom is 0.277 e. The number of nitrogens with zero attached hydrogens (tertiary/aromatic N) is 3. The number of hydrogen-bond donors (Lipinski definition) is 1. The molecule has 132 valence electrons. The molecular formula is C21H16N4O2. The number of hydrogen-bond acceptors (Lipinski definition) is 4. The predicted molar refractivity (Wildman–Crippen MR) is 102 cm³/mol. The van der Waals surface area contributed by atoms with Crippen molar-refractivity contribution in [2.24, 2.45) is 0 Å². The highest BCUT2D eigenvalue weighted by molar-refractivity contribution is 6.03. The summed E-state index contributed by atoms with van der Waals surface area (Å²) in [6, 6.07) is 26.1. The summed E-state index contributed by atoms with van der Waals surface area (Å²) < 4.78 is 7.42. The average Bonchev–Trinajstić information content (AvgIpc) is 3.21. The topological polar surface area (TPSA) is 69.0 Å². The van der Waals surface area contributed by atoms with Crippen LogP contribution >= 0.6 is 0 Å². The number of rotatable bonds is 5. The fourth-order valence-corrected chi connectivity index (χ4v) is 2.54. The molecule has 4 rings (SSSR count). The molecule has 0 spiro atoms. The van der Waals surface area contributed by atoms with E-state index in [1.807, 2.05) is 72.8 Å². The van der Waals surface area contributed by atoms with Gasteiger partial charge in [0.05, 0.1) is 17.6 Å². The first kappa shape index (κ1) is 16.5. The zero-order valence-electron chi connectivity index (χ0n) is 14.3. The van der Waals surface area contributed by atoms with Gasteiger partial charge in [0.1, 0.15) is 5.75 Å².